The van der Waals surface area contributed by atoms with Crippen molar-refractivity contribution in [2.45, 2.75) is 56.4 Å². The first kappa shape index (κ1) is 31.5. The summed E-state index contributed by atoms with van der Waals surface area (Å²) in [6.07, 6.45) is 1.89. The Morgan fingerprint density at radius 2 is 2.00 bits per heavy atom. The van der Waals surface area contributed by atoms with Crippen molar-refractivity contribution in [3.8, 4) is 12.1 Å². The molecule has 7 rings (SSSR count). The summed E-state index contributed by atoms with van der Waals surface area (Å²) in [6.45, 7) is 6.40. The van der Waals surface area contributed by atoms with Gasteiger partial charge in [-0.1, -0.05) is 36.4 Å². The van der Waals surface area contributed by atoms with E-state index in [1.807, 2.05) is 23.1 Å². The van der Waals surface area contributed by atoms with E-state index in [2.05, 4.69) is 22.4 Å². The SMILES string of the molecule is C=C(F)C(=O)N1CCN(c2nc(OCC34CCCN3C[C@H](F)C4)nc3c2CCN(c2cccc4ccc(F)c(Cl)c24)C3)C[C@@H]1CC#N. The van der Waals surface area contributed by atoms with Crippen LogP contribution in [-0.4, -0.2) is 89.3 Å². The third-order valence-electron chi connectivity index (χ3n) is 10.1. The van der Waals surface area contributed by atoms with Gasteiger partial charge >= 0.3 is 6.01 Å². The van der Waals surface area contributed by atoms with Crippen molar-refractivity contribution >= 4 is 39.8 Å². The molecule has 4 aliphatic rings. The molecule has 3 aromatic rings. The van der Waals surface area contributed by atoms with E-state index in [0.717, 1.165) is 41.7 Å². The Bertz CT molecular complexity index is 1790. The highest BCUT2D eigenvalue weighted by atomic mass is 35.5. The Kier molecular flexibility index (Phi) is 8.39. The van der Waals surface area contributed by atoms with Gasteiger partial charge in [-0.05, 0) is 43.3 Å². The zero-order valence-electron chi connectivity index (χ0n) is 25.9. The fourth-order valence-corrected chi connectivity index (χ4v) is 8.14. The van der Waals surface area contributed by atoms with E-state index in [1.54, 1.807) is 6.07 Å². The molecular formula is C34H35ClF3N7O2. The Morgan fingerprint density at radius 3 is 2.81 bits per heavy atom. The first-order valence-corrected chi connectivity index (χ1v) is 16.4. The van der Waals surface area contributed by atoms with E-state index in [1.165, 1.54) is 11.0 Å². The third-order valence-corrected chi connectivity index (χ3v) is 10.5. The van der Waals surface area contributed by atoms with Crippen LogP contribution >= 0.6 is 11.6 Å². The topological polar surface area (TPSA) is 88.8 Å². The highest BCUT2D eigenvalue weighted by molar-refractivity contribution is 6.36. The Labute approximate surface area is 276 Å². The van der Waals surface area contributed by atoms with Crippen molar-refractivity contribution in [2.24, 2.45) is 0 Å². The summed E-state index contributed by atoms with van der Waals surface area (Å²) in [5, 5.41) is 11.0. The van der Waals surface area contributed by atoms with Gasteiger partial charge in [0.1, 0.15) is 24.4 Å². The lowest BCUT2D eigenvalue weighted by molar-refractivity contribution is -0.131. The maximum absolute atomic E-state index is 14.6. The second kappa shape index (κ2) is 12.5. The highest BCUT2D eigenvalue weighted by Gasteiger charge is 2.49. The van der Waals surface area contributed by atoms with Crippen LogP contribution in [0.1, 0.15) is 36.9 Å². The molecule has 1 amide bonds. The quantitative estimate of drug-likeness (QED) is 0.312. The molecule has 0 N–H and O–H groups in total. The molecule has 13 heteroatoms. The van der Waals surface area contributed by atoms with Gasteiger partial charge in [-0.15, -0.1) is 0 Å². The molecule has 9 nitrogen and oxygen atoms in total. The van der Waals surface area contributed by atoms with Crippen molar-refractivity contribution in [1.29, 1.82) is 5.26 Å². The standard InChI is InChI=1S/C34H35ClF3N7O2/c1-21(36)32(46)45-15-14-43(18-24(45)8-11-39)31-25-9-13-42(28-5-2-4-22-6-7-26(38)30(35)29(22)28)19-27(25)40-33(41-31)47-20-34-10-3-12-44(34)17-23(37)16-34/h2,4-7,23-24H,1,3,8-10,12-20H2/t23-,24+,34?/m1/s1. The van der Waals surface area contributed by atoms with Gasteiger partial charge in [-0.2, -0.15) is 15.2 Å². The van der Waals surface area contributed by atoms with E-state index in [9.17, 15) is 23.2 Å². The van der Waals surface area contributed by atoms with Crippen LogP contribution in [0.2, 0.25) is 5.02 Å². The van der Waals surface area contributed by atoms with Crippen LogP contribution in [0.15, 0.2) is 42.7 Å². The summed E-state index contributed by atoms with van der Waals surface area (Å²) >= 11 is 6.49. The van der Waals surface area contributed by atoms with Crippen molar-refractivity contribution in [3.63, 3.8) is 0 Å². The number of carbonyl (C=O) groups excluding carboxylic acids is 1. The summed E-state index contributed by atoms with van der Waals surface area (Å²) in [7, 11) is 0. The monoisotopic (exact) mass is 665 g/mol. The first-order valence-electron chi connectivity index (χ1n) is 16.0. The number of hydrogen-bond donors (Lipinski definition) is 0. The zero-order chi connectivity index (χ0) is 32.9. The number of aromatic nitrogens is 2. The van der Waals surface area contributed by atoms with Gasteiger partial charge in [0.2, 0.25) is 0 Å². The largest absolute Gasteiger partial charge is 0.461 e. The summed E-state index contributed by atoms with van der Waals surface area (Å²) in [4.78, 5) is 30.0. The van der Waals surface area contributed by atoms with E-state index >= 15 is 0 Å². The lowest BCUT2D eigenvalue weighted by Gasteiger charge is -2.42. The Hall–Kier alpha value is -4.08. The van der Waals surface area contributed by atoms with Crippen LogP contribution in [0.5, 0.6) is 6.01 Å². The number of amides is 1. The lowest BCUT2D eigenvalue weighted by Crippen LogP contribution is -2.55. The zero-order valence-corrected chi connectivity index (χ0v) is 26.7. The van der Waals surface area contributed by atoms with Crippen molar-refractivity contribution < 1.29 is 22.7 Å². The van der Waals surface area contributed by atoms with E-state index in [4.69, 9.17) is 26.3 Å². The lowest BCUT2D eigenvalue weighted by atomic mass is 9.95. The summed E-state index contributed by atoms with van der Waals surface area (Å²) < 4.78 is 49.3. The number of piperazine rings is 1. The second-order valence-corrected chi connectivity index (χ2v) is 13.3. The smallest absolute Gasteiger partial charge is 0.318 e. The van der Waals surface area contributed by atoms with Gasteiger partial charge in [0.15, 0.2) is 5.83 Å². The van der Waals surface area contributed by atoms with Crippen molar-refractivity contribution in [2.75, 3.05) is 55.7 Å². The Balaban J connectivity index is 1.24. The molecule has 0 aliphatic carbocycles. The fourth-order valence-electron chi connectivity index (χ4n) is 7.87. The molecule has 0 spiro atoms. The van der Waals surface area contributed by atoms with Gasteiger partial charge in [-0.25, -0.2) is 13.2 Å². The maximum Gasteiger partial charge on any atom is 0.318 e. The molecule has 0 saturated carbocycles. The number of nitrogens with zero attached hydrogens (tertiary/aromatic N) is 7. The number of ether oxygens (including phenoxy) is 1. The number of anilines is 2. The summed E-state index contributed by atoms with van der Waals surface area (Å²) in [5.74, 6) is -1.74. The molecule has 0 radical (unpaired) electrons. The fraction of sp³-hybridized carbons (Fsp3) is 0.471. The molecule has 1 unspecified atom stereocenters. The van der Waals surface area contributed by atoms with Crippen molar-refractivity contribution in [1.82, 2.24) is 19.8 Å². The molecule has 1 aromatic heterocycles. The first-order chi connectivity index (χ1) is 22.7. The average molecular weight is 666 g/mol. The normalized spacial score (nSPS) is 24.3. The number of nitriles is 1. The van der Waals surface area contributed by atoms with Gasteiger partial charge in [0.05, 0.1) is 41.3 Å². The molecule has 4 aliphatic heterocycles. The van der Waals surface area contributed by atoms with Crippen molar-refractivity contribution in [3.05, 3.63) is 64.8 Å². The Morgan fingerprint density at radius 1 is 1.15 bits per heavy atom. The number of hydrogen-bond acceptors (Lipinski definition) is 8. The molecule has 0 bridgehead atoms. The maximum atomic E-state index is 14.6. The van der Waals surface area contributed by atoms with Crippen LogP contribution in [0.25, 0.3) is 10.8 Å². The minimum Gasteiger partial charge on any atom is -0.461 e. The number of halogens is 4. The predicted octanol–water partition coefficient (Wildman–Crippen LogP) is 5.35. The van der Waals surface area contributed by atoms with Crippen LogP contribution in [0.3, 0.4) is 0 Å². The minimum atomic E-state index is -1.06. The number of benzene rings is 2. The van der Waals surface area contributed by atoms with E-state index < -0.39 is 35.3 Å². The molecular weight excluding hydrogens is 631 g/mol. The van der Waals surface area contributed by atoms with E-state index in [0.29, 0.717) is 50.2 Å². The van der Waals surface area contributed by atoms with Gasteiger partial charge in [0.25, 0.3) is 5.91 Å². The van der Waals surface area contributed by atoms with Crippen LogP contribution < -0.4 is 14.5 Å². The predicted molar refractivity (Wildman–Crippen MR) is 172 cm³/mol. The number of alkyl halides is 1. The number of carbonyl (C=O) groups is 1. The summed E-state index contributed by atoms with van der Waals surface area (Å²) in [5.41, 5.74) is 2.02. The molecule has 5 heterocycles. The van der Waals surface area contributed by atoms with Gasteiger partial charge < -0.3 is 19.4 Å². The van der Waals surface area contributed by atoms with Crippen LogP contribution in [-0.2, 0) is 17.8 Å². The number of fused-ring (bicyclic) bond motifs is 3. The van der Waals surface area contributed by atoms with Crippen LogP contribution in [0.4, 0.5) is 24.7 Å². The van der Waals surface area contributed by atoms with E-state index in [-0.39, 0.29) is 37.2 Å². The van der Waals surface area contributed by atoms with Crippen LogP contribution in [0, 0.1) is 17.1 Å². The van der Waals surface area contributed by atoms with Gasteiger partial charge in [0, 0.05) is 55.8 Å². The molecule has 2 aromatic carbocycles. The molecule has 3 fully saturated rings. The third kappa shape index (κ3) is 5.74. The minimum absolute atomic E-state index is 0.0150. The summed E-state index contributed by atoms with van der Waals surface area (Å²) in [6, 6.07) is 10.5. The second-order valence-electron chi connectivity index (χ2n) is 12.9. The highest BCUT2D eigenvalue weighted by Crippen LogP contribution is 2.41. The number of rotatable bonds is 7. The van der Waals surface area contributed by atoms with Gasteiger partial charge in [-0.3, -0.25) is 9.69 Å². The molecule has 3 atom stereocenters. The molecule has 3 saturated heterocycles. The average Bonchev–Trinajstić information content (AvgIpc) is 3.60. The molecule has 246 valence electrons. The molecule has 47 heavy (non-hydrogen) atoms.